The Morgan fingerprint density at radius 2 is 1.96 bits per heavy atom. The van der Waals surface area contributed by atoms with Gasteiger partial charge in [-0.05, 0) is 23.6 Å². The molecule has 0 spiro atoms. The van der Waals surface area contributed by atoms with Crippen molar-refractivity contribution in [3.63, 3.8) is 0 Å². The molecule has 1 fully saturated rings. The van der Waals surface area contributed by atoms with Crippen molar-refractivity contribution in [2.45, 2.75) is 5.92 Å². The number of fused-ring (bicyclic) bond motifs is 1. The Labute approximate surface area is 153 Å². The van der Waals surface area contributed by atoms with Crippen LogP contribution in [0.1, 0.15) is 22.3 Å². The first-order chi connectivity index (χ1) is 12.8. The normalized spacial score (nSPS) is 14.5. The monoisotopic (exact) mass is 362 g/mol. The Morgan fingerprint density at radius 1 is 1.08 bits per heavy atom. The van der Waals surface area contributed by atoms with Crippen LogP contribution in [0.3, 0.4) is 0 Å². The number of benzene rings is 1. The molecule has 6 nitrogen and oxygen atoms in total. The van der Waals surface area contributed by atoms with Gasteiger partial charge in [-0.3, -0.25) is 4.79 Å². The topological polar surface area (TPSA) is 72.1 Å². The molecule has 1 saturated heterocycles. The molecule has 1 aliphatic rings. The van der Waals surface area contributed by atoms with Gasteiger partial charge in [-0.1, -0.05) is 35.5 Å². The lowest BCUT2D eigenvalue weighted by atomic mass is 9.99. The molecular weight excluding hydrogens is 348 g/mol. The van der Waals surface area contributed by atoms with Crippen LogP contribution in [0.5, 0.6) is 0 Å². The van der Waals surface area contributed by atoms with Crippen LogP contribution in [-0.4, -0.2) is 39.0 Å². The number of aromatic nitrogens is 3. The van der Waals surface area contributed by atoms with Crippen LogP contribution in [0.25, 0.3) is 21.6 Å². The van der Waals surface area contributed by atoms with Gasteiger partial charge < -0.3 is 9.42 Å². The van der Waals surface area contributed by atoms with E-state index in [1.165, 1.54) is 0 Å². The van der Waals surface area contributed by atoms with Crippen LogP contribution < -0.4 is 0 Å². The first kappa shape index (κ1) is 15.2. The summed E-state index contributed by atoms with van der Waals surface area (Å²) in [7, 11) is 0. The van der Waals surface area contributed by atoms with E-state index in [0.29, 0.717) is 30.5 Å². The third-order valence-corrected chi connectivity index (χ3v) is 5.38. The van der Waals surface area contributed by atoms with Gasteiger partial charge in [0.15, 0.2) is 0 Å². The molecule has 1 aromatic carbocycles. The molecule has 0 aliphatic carbocycles. The highest BCUT2D eigenvalue weighted by molar-refractivity contribution is 7.13. The number of likely N-dealkylation sites (tertiary alicyclic amines) is 1. The van der Waals surface area contributed by atoms with Crippen molar-refractivity contribution in [3.8, 4) is 10.7 Å². The van der Waals surface area contributed by atoms with Gasteiger partial charge in [-0.25, -0.2) is 4.98 Å². The summed E-state index contributed by atoms with van der Waals surface area (Å²) in [6, 6.07) is 15.4. The summed E-state index contributed by atoms with van der Waals surface area (Å²) in [5, 5.41) is 7.04. The number of nitrogens with zero attached hydrogens (tertiary/aromatic N) is 4. The van der Waals surface area contributed by atoms with Crippen LogP contribution in [0.15, 0.2) is 58.4 Å². The van der Waals surface area contributed by atoms with Crippen molar-refractivity contribution in [2.75, 3.05) is 13.1 Å². The second kappa shape index (κ2) is 6.03. The Morgan fingerprint density at radius 3 is 2.81 bits per heavy atom. The molecule has 0 radical (unpaired) electrons. The molecule has 0 N–H and O–H groups in total. The Balaban J connectivity index is 1.29. The number of thiophene rings is 1. The molecular formula is C19H14N4O2S. The van der Waals surface area contributed by atoms with Gasteiger partial charge in [-0.15, -0.1) is 11.3 Å². The van der Waals surface area contributed by atoms with Gasteiger partial charge in [0.2, 0.25) is 11.7 Å². The zero-order valence-electron chi connectivity index (χ0n) is 13.7. The van der Waals surface area contributed by atoms with E-state index < -0.39 is 0 Å². The number of carbonyl (C=O) groups is 1. The summed E-state index contributed by atoms with van der Waals surface area (Å²) in [6.45, 7) is 1.14. The van der Waals surface area contributed by atoms with Crippen LogP contribution in [-0.2, 0) is 0 Å². The molecule has 128 valence electrons. The highest BCUT2D eigenvalue weighted by Gasteiger charge is 2.36. The van der Waals surface area contributed by atoms with Crippen LogP contribution in [0, 0.1) is 0 Å². The SMILES string of the molecule is O=C(c1ccc2ccccc2n1)N1CC(c2nc(-c3cccs3)no2)C1. The highest BCUT2D eigenvalue weighted by Crippen LogP contribution is 2.30. The van der Waals surface area contributed by atoms with Crippen molar-refractivity contribution in [3.05, 3.63) is 65.5 Å². The van der Waals surface area contributed by atoms with Gasteiger partial charge in [0, 0.05) is 18.5 Å². The van der Waals surface area contributed by atoms with Crippen molar-refractivity contribution in [1.29, 1.82) is 0 Å². The Kier molecular flexibility index (Phi) is 3.53. The van der Waals surface area contributed by atoms with E-state index in [4.69, 9.17) is 4.52 Å². The smallest absolute Gasteiger partial charge is 0.272 e. The van der Waals surface area contributed by atoms with E-state index in [2.05, 4.69) is 15.1 Å². The first-order valence-corrected chi connectivity index (χ1v) is 9.18. The molecule has 3 aromatic heterocycles. The lowest BCUT2D eigenvalue weighted by Gasteiger charge is -2.36. The third kappa shape index (κ3) is 2.57. The lowest BCUT2D eigenvalue weighted by molar-refractivity contribution is 0.0563. The second-order valence-corrected chi connectivity index (χ2v) is 7.18. The molecule has 1 amide bonds. The summed E-state index contributed by atoms with van der Waals surface area (Å²) in [4.78, 5) is 24.3. The number of pyridine rings is 1. The van der Waals surface area contributed by atoms with E-state index in [1.807, 2.05) is 47.8 Å². The van der Waals surface area contributed by atoms with Crippen LogP contribution in [0.2, 0.25) is 0 Å². The quantitative estimate of drug-likeness (QED) is 0.557. The minimum Gasteiger partial charge on any atom is -0.339 e. The Hall–Kier alpha value is -3.06. The Bertz CT molecular complexity index is 1080. The number of rotatable bonds is 3. The maximum atomic E-state index is 12.6. The molecule has 4 aromatic rings. The number of hydrogen-bond acceptors (Lipinski definition) is 6. The van der Waals surface area contributed by atoms with Crippen LogP contribution in [0.4, 0.5) is 0 Å². The largest absolute Gasteiger partial charge is 0.339 e. The number of hydrogen-bond donors (Lipinski definition) is 0. The number of para-hydroxylation sites is 1. The van der Waals surface area contributed by atoms with Gasteiger partial charge in [0.1, 0.15) is 5.69 Å². The predicted octanol–water partition coefficient (Wildman–Crippen LogP) is 3.59. The summed E-state index contributed by atoms with van der Waals surface area (Å²) in [6.07, 6.45) is 0. The van der Waals surface area contributed by atoms with Crippen molar-refractivity contribution in [2.24, 2.45) is 0 Å². The molecule has 0 unspecified atom stereocenters. The number of carbonyl (C=O) groups excluding carboxylic acids is 1. The van der Waals surface area contributed by atoms with E-state index in [1.54, 1.807) is 22.3 Å². The highest BCUT2D eigenvalue weighted by atomic mass is 32.1. The average Bonchev–Trinajstić information content (AvgIpc) is 3.31. The molecule has 7 heteroatoms. The molecule has 4 heterocycles. The van der Waals surface area contributed by atoms with E-state index in [0.717, 1.165) is 15.8 Å². The maximum absolute atomic E-state index is 12.6. The fourth-order valence-corrected chi connectivity index (χ4v) is 3.70. The van der Waals surface area contributed by atoms with Crippen molar-refractivity contribution >= 4 is 28.1 Å². The fourth-order valence-electron chi connectivity index (χ4n) is 3.05. The minimum absolute atomic E-state index is 0.0648. The molecule has 1 aliphatic heterocycles. The van der Waals surface area contributed by atoms with E-state index in [9.17, 15) is 4.79 Å². The lowest BCUT2D eigenvalue weighted by Crippen LogP contribution is -2.48. The van der Waals surface area contributed by atoms with Crippen molar-refractivity contribution in [1.82, 2.24) is 20.0 Å². The molecule has 0 saturated carbocycles. The maximum Gasteiger partial charge on any atom is 0.272 e. The summed E-state index contributed by atoms with van der Waals surface area (Å²) >= 11 is 1.57. The second-order valence-electron chi connectivity index (χ2n) is 6.23. The zero-order valence-corrected chi connectivity index (χ0v) is 14.5. The third-order valence-electron chi connectivity index (χ3n) is 4.52. The first-order valence-electron chi connectivity index (χ1n) is 8.30. The van der Waals surface area contributed by atoms with Gasteiger partial charge in [-0.2, -0.15) is 4.98 Å². The standard InChI is InChI=1S/C19H14N4O2S/c24-19(15-8-7-12-4-1-2-5-14(12)20-15)23-10-13(11-23)18-21-17(22-25-18)16-6-3-9-26-16/h1-9,13H,10-11H2. The van der Waals surface area contributed by atoms with Gasteiger partial charge >= 0.3 is 0 Å². The van der Waals surface area contributed by atoms with Crippen molar-refractivity contribution < 1.29 is 9.32 Å². The molecule has 0 atom stereocenters. The fraction of sp³-hybridized carbons (Fsp3) is 0.158. The van der Waals surface area contributed by atoms with E-state index >= 15 is 0 Å². The zero-order chi connectivity index (χ0) is 17.5. The minimum atomic E-state index is -0.0648. The molecule has 0 bridgehead atoms. The predicted molar refractivity (Wildman–Crippen MR) is 98.0 cm³/mol. The molecule has 5 rings (SSSR count). The molecule has 26 heavy (non-hydrogen) atoms. The average molecular weight is 362 g/mol. The van der Waals surface area contributed by atoms with Gasteiger partial charge in [0.05, 0.1) is 16.3 Å². The number of amides is 1. The summed E-state index contributed by atoms with van der Waals surface area (Å²) in [5.74, 6) is 1.21. The van der Waals surface area contributed by atoms with Gasteiger partial charge in [0.25, 0.3) is 5.91 Å². The van der Waals surface area contributed by atoms with Crippen LogP contribution >= 0.6 is 11.3 Å². The van der Waals surface area contributed by atoms with E-state index in [-0.39, 0.29) is 11.8 Å². The summed E-state index contributed by atoms with van der Waals surface area (Å²) < 4.78 is 5.38. The summed E-state index contributed by atoms with van der Waals surface area (Å²) in [5.41, 5.74) is 1.29.